The van der Waals surface area contributed by atoms with Gasteiger partial charge in [-0.2, -0.15) is 11.8 Å². The molecule has 3 amide bonds. The molecule has 3 N–H and O–H groups in total. The van der Waals surface area contributed by atoms with Gasteiger partial charge >= 0.3 is 12.1 Å². The van der Waals surface area contributed by atoms with Gasteiger partial charge in [-0.15, -0.1) is 0 Å². The second kappa shape index (κ2) is 15.7. The second-order valence-corrected chi connectivity index (χ2v) is 14.8. The van der Waals surface area contributed by atoms with Crippen molar-refractivity contribution in [3.05, 3.63) is 65.7 Å². The third-order valence-electron chi connectivity index (χ3n) is 7.30. The minimum absolute atomic E-state index is 0.000670. The molecule has 0 aromatic heterocycles. The Kier molecular flexibility index (Phi) is 12.5. The van der Waals surface area contributed by atoms with Gasteiger partial charge in [0.2, 0.25) is 11.8 Å². The maximum Gasteiger partial charge on any atom is 0.408 e. The molecule has 5 unspecified atom stereocenters. The van der Waals surface area contributed by atoms with Crippen LogP contribution in [-0.4, -0.2) is 75.2 Å². The van der Waals surface area contributed by atoms with E-state index in [0.717, 1.165) is 5.56 Å². The Balaban J connectivity index is 2.04. The standard InChI is InChI=1S/C35H49N3O7S/c1-22-20-28(22)38(31(41)26(18-19-46-8)37-33(43)45-35(5,6)7)29(24-14-16-25(39)17-15-24)30(40)36-27(32(42)44-34(2,3)4)21-23-12-10-9-11-13-23/h9-17,22,26-29,39H,18-21H2,1-8H3,(H,36,40)(H,37,43). The van der Waals surface area contributed by atoms with E-state index in [9.17, 15) is 24.3 Å². The number of nitrogens with zero attached hydrogens (tertiary/aromatic N) is 1. The SMILES string of the molecule is CSCCC(NC(=O)OC(C)(C)C)C(=O)N(C(C(=O)NC(Cc1ccccc1)C(=O)OC(C)(C)C)c1ccc(O)cc1)C1CC1C. The van der Waals surface area contributed by atoms with Gasteiger partial charge in [0.15, 0.2) is 0 Å². The Labute approximate surface area is 277 Å². The van der Waals surface area contributed by atoms with E-state index in [2.05, 4.69) is 10.6 Å². The third kappa shape index (κ3) is 11.3. The topological polar surface area (TPSA) is 134 Å². The minimum atomic E-state index is -1.17. The van der Waals surface area contributed by atoms with Gasteiger partial charge in [-0.3, -0.25) is 9.59 Å². The molecule has 2 aromatic rings. The van der Waals surface area contributed by atoms with E-state index in [0.29, 0.717) is 24.2 Å². The van der Waals surface area contributed by atoms with E-state index in [1.807, 2.05) is 43.5 Å². The molecule has 0 saturated heterocycles. The van der Waals surface area contributed by atoms with E-state index >= 15 is 0 Å². The number of ether oxygens (including phenoxy) is 2. The number of amides is 3. The average molecular weight is 656 g/mol. The van der Waals surface area contributed by atoms with Crippen molar-refractivity contribution < 1.29 is 33.8 Å². The highest BCUT2D eigenvalue weighted by Gasteiger charge is 2.48. The molecule has 2 aromatic carbocycles. The molecule has 46 heavy (non-hydrogen) atoms. The molecule has 0 spiro atoms. The van der Waals surface area contributed by atoms with Gasteiger partial charge in [-0.25, -0.2) is 9.59 Å². The first-order chi connectivity index (χ1) is 21.5. The van der Waals surface area contributed by atoms with Crippen LogP contribution in [-0.2, 0) is 30.3 Å². The first kappa shape index (κ1) is 36.7. The largest absolute Gasteiger partial charge is 0.508 e. The summed E-state index contributed by atoms with van der Waals surface area (Å²) in [5.41, 5.74) is -0.295. The van der Waals surface area contributed by atoms with Crippen LogP contribution in [0.2, 0.25) is 0 Å². The minimum Gasteiger partial charge on any atom is -0.508 e. The van der Waals surface area contributed by atoms with Gasteiger partial charge in [-0.05, 0) is 95.6 Å². The van der Waals surface area contributed by atoms with Gasteiger partial charge in [0.1, 0.15) is 35.1 Å². The van der Waals surface area contributed by atoms with Crippen LogP contribution in [0, 0.1) is 5.92 Å². The molecule has 1 fully saturated rings. The second-order valence-electron chi connectivity index (χ2n) is 13.8. The Morgan fingerprint density at radius 1 is 0.913 bits per heavy atom. The summed E-state index contributed by atoms with van der Waals surface area (Å²) < 4.78 is 11.2. The van der Waals surface area contributed by atoms with Gasteiger partial charge in [0.05, 0.1) is 0 Å². The molecule has 0 radical (unpaired) electrons. The Hall–Kier alpha value is -3.73. The third-order valence-corrected chi connectivity index (χ3v) is 7.95. The van der Waals surface area contributed by atoms with E-state index in [-0.39, 0.29) is 24.1 Å². The maximum absolute atomic E-state index is 14.5. The fraction of sp³-hybridized carbons (Fsp3) is 0.543. The summed E-state index contributed by atoms with van der Waals surface area (Å²) >= 11 is 1.53. The van der Waals surface area contributed by atoms with Crippen LogP contribution in [0.1, 0.15) is 78.5 Å². The number of aromatic hydroxyl groups is 1. The van der Waals surface area contributed by atoms with Gasteiger partial charge in [0, 0.05) is 12.5 Å². The summed E-state index contributed by atoms with van der Waals surface area (Å²) in [5.74, 6) is -0.930. The van der Waals surface area contributed by atoms with Crippen molar-refractivity contribution in [1.82, 2.24) is 15.5 Å². The zero-order chi connectivity index (χ0) is 34.2. The van der Waals surface area contributed by atoms with Crippen molar-refractivity contribution in [1.29, 1.82) is 0 Å². The Morgan fingerprint density at radius 3 is 2.02 bits per heavy atom. The fourth-order valence-electron chi connectivity index (χ4n) is 5.06. The van der Waals surface area contributed by atoms with Crippen molar-refractivity contribution >= 4 is 35.6 Å². The lowest BCUT2D eigenvalue weighted by atomic mass is 10.00. The van der Waals surface area contributed by atoms with Crippen molar-refractivity contribution in [3.63, 3.8) is 0 Å². The van der Waals surface area contributed by atoms with E-state index in [1.165, 1.54) is 28.8 Å². The summed E-state index contributed by atoms with van der Waals surface area (Å²) in [6.07, 6.45) is 2.33. The van der Waals surface area contributed by atoms with Crippen LogP contribution < -0.4 is 10.6 Å². The zero-order valence-corrected chi connectivity index (χ0v) is 29.0. The molecule has 1 saturated carbocycles. The number of phenols is 1. The molecular weight excluding hydrogens is 606 g/mol. The number of thioether (sulfide) groups is 1. The van der Waals surface area contributed by atoms with Crippen molar-refractivity contribution in [3.8, 4) is 5.75 Å². The Morgan fingerprint density at radius 2 is 1.50 bits per heavy atom. The summed E-state index contributed by atoms with van der Waals surface area (Å²) in [6.45, 7) is 12.5. The average Bonchev–Trinajstić information content (AvgIpc) is 3.67. The highest BCUT2D eigenvalue weighted by atomic mass is 32.2. The summed E-state index contributed by atoms with van der Waals surface area (Å²) in [4.78, 5) is 56.8. The zero-order valence-electron chi connectivity index (χ0n) is 28.2. The first-order valence-corrected chi connectivity index (χ1v) is 17.0. The van der Waals surface area contributed by atoms with E-state index in [1.54, 1.807) is 53.7 Å². The number of esters is 1. The molecule has 3 rings (SSSR count). The van der Waals surface area contributed by atoms with Crippen LogP contribution in [0.15, 0.2) is 54.6 Å². The lowest BCUT2D eigenvalue weighted by molar-refractivity contribution is -0.159. The van der Waals surface area contributed by atoms with Crippen LogP contribution in [0.25, 0.3) is 0 Å². The maximum atomic E-state index is 14.5. The quantitative estimate of drug-likeness (QED) is 0.245. The van der Waals surface area contributed by atoms with E-state index in [4.69, 9.17) is 9.47 Å². The number of nitrogens with one attached hydrogen (secondary N) is 2. The molecule has 0 aliphatic heterocycles. The molecule has 0 heterocycles. The number of alkyl carbamates (subject to hydrolysis) is 1. The smallest absolute Gasteiger partial charge is 0.408 e. The number of carbonyl (C=O) groups is 4. The molecule has 5 atom stereocenters. The van der Waals surface area contributed by atoms with Crippen LogP contribution in [0.3, 0.4) is 0 Å². The number of hydrogen-bond acceptors (Lipinski definition) is 8. The highest BCUT2D eigenvalue weighted by molar-refractivity contribution is 7.98. The Bertz CT molecular complexity index is 1340. The van der Waals surface area contributed by atoms with Gasteiger partial charge < -0.3 is 30.1 Å². The van der Waals surface area contributed by atoms with Crippen LogP contribution >= 0.6 is 11.8 Å². The molecule has 0 bridgehead atoms. The monoisotopic (exact) mass is 655 g/mol. The number of benzene rings is 2. The summed E-state index contributed by atoms with van der Waals surface area (Å²) in [7, 11) is 0. The number of hydrogen-bond donors (Lipinski definition) is 3. The molecule has 1 aliphatic rings. The van der Waals surface area contributed by atoms with Crippen molar-refractivity contribution in [2.45, 2.75) is 103 Å². The number of carbonyl (C=O) groups excluding carboxylic acids is 4. The van der Waals surface area contributed by atoms with Crippen LogP contribution in [0.5, 0.6) is 5.75 Å². The van der Waals surface area contributed by atoms with E-state index < -0.39 is 53.2 Å². The molecular formula is C35H49N3O7S. The van der Waals surface area contributed by atoms with Crippen LogP contribution in [0.4, 0.5) is 4.79 Å². The molecule has 252 valence electrons. The first-order valence-electron chi connectivity index (χ1n) is 15.7. The van der Waals surface area contributed by atoms with Gasteiger partial charge in [-0.1, -0.05) is 49.4 Å². The molecule has 1 aliphatic carbocycles. The normalized spacial score (nSPS) is 18.0. The predicted octanol–water partition coefficient (Wildman–Crippen LogP) is 5.39. The van der Waals surface area contributed by atoms with Crippen molar-refractivity contribution in [2.24, 2.45) is 5.92 Å². The summed E-state index contributed by atoms with van der Waals surface area (Å²) in [6, 6.07) is 11.9. The highest BCUT2D eigenvalue weighted by Crippen LogP contribution is 2.41. The lowest BCUT2D eigenvalue weighted by Gasteiger charge is -2.36. The lowest BCUT2D eigenvalue weighted by Crippen LogP contribution is -2.56. The number of rotatable bonds is 13. The fourth-order valence-corrected chi connectivity index (χ4v) is 5.53. The van der Waals surface area contributed by atoms with Crippen molar-refractivity contribution in [2.75, 3.05) is 12.0 Å². The molecule has 11 heteroatoms. The van der Waals surface area contributed by atoms with Gasteiger partial charge in [0.25, 0.3) is 0 Å². The molecule has 10 nitrogen and oxygen atoms in total. The predicted molar refractivity (Wildman–Crippen MR) is 179 cm³/mol. The number of phenolic OH excluding ortho intramolecular Hbond substituents is 1. The summed E-state index contributed by atoms with van der Waals surface area (Å²) in [5, 5.41) is 15.7.